The van der Waals surface area contributed by atoms with Crippen molar-refractivity contribution in [3.63, 3.8) is 0 Å². The molecule has 2 N–H and O–H groups in total. The fourth-order valence-electron chi connectivity index (χ4n) is 2.61. The number of aliphatic imine (C=N–C) groups is 1. The predicted octanol–water partition coefficient (Wildman–Crippen LogP) is 1.74. The molecule has 3 rings (SSSR count). The topological polar surface area (TPSA) is 71.0 Å². The molecule has 0 fully saturated rings. The maximum absolute atomic E-state index is 5.41. The van der Waals surface area contributed by atoms with Gasteiger partial charge in [0, 0.05) is 46.0 Å². The van der Waals surface area contributed by atoms with Gasteiger partial charge in [-0.1, -0.05) is 12.1 Å². The molecule has 0 bridgehead atoms. The van der Waals surface area contributed by atoms with Gasteiger partial charge in [0.25, 0.3) is 0 Å². The SMILES string of the molecule is CN=C(NCc1ccc2c(c1)OCO2)NCc1cccnc1N(C)C. The van der Waals surface area contributed by atoms with Gasteiger partial charge in [0.05, 0.1) is 0 Å². The first-order valence-corrected chi connectivity index (χ1v) is 8.11. The highest BCUT2D eigenvalue weighted by atomic mass is 16.7. The van der Waals surface area contributed by atoms with Gasteiger partial charge in [-0.25, -0.2) is 4.98 Å². The fraction of sp³-hybridized carbons (Fsp3) is 0.333. The second-order valence-corrected chi connectivity index (χ2v) is 5.85. The maximum Gasteiger partial charge on any atom is 0.231 e. The second-order valence-electron chi connectivity index (χ2n) is 5.85. The molecule has 1 aliphatic rings. The van der Waals surface area contributed by atoms with Gasteiger partial charge in [-0.2, -0.15) is 0 Å². The minimum absolute atomic E-state index is 0.286. The molecule has 1 aromatic heterocycles. The van der Waals surface area contributed by atoms with Crippen LogP contribution in [-0.4, -0.2) is 38.9 Å². The number of nitrogens with zero attached hydrogens (tertiary/aromatic N) is 3. The molecule has 2 aromatic rings. The van der Waals surface area contributed by atoms with Crippen LogP contribution in [0.15, 0.2) is 41.5 Å². The number of hydrogen-bond acceptors (Lipinski definition) is 5. The van der Waals surface area contributed by atoms with E-state index in [2.05, 4.69) is 26.7 Å². The smallest absolute Gasteiger partial charge is 0.231 e. The zero-order valence-electron chi connectivity index (χ0n) is 14.7. The maximum atomic E-state index is 5.41. The number of anilines is 1. The molecule has 2 heterocycles. The van der Waals surface area contributed by atoms with E-state index in [9.17, 15) is 0 Å². The van der Waals surface area contributed by atoms with Crippen molar-refractivity contribution in [2.45, 2.75) is 13.1 Å². The Kier molecular flexibility index (Phi) is 5.23. The number of benzene rings is 1. The van der Waals surface area contributed by atoms with Gasteiger partial charge in [-0.3, -0.25) is 4.99 Å². The quantitative estimate of drug-likeness (QED) is 0.638. The van der Waals surface area contributed by atoms with Crippen LogP contribution in [0.5, 0.6) is 11.5 Å². The summed E-state index contributed by atoms with van der Waals surface area (Å²) in [6, 6.07) is 9.91. The van der Waals surface area contributed by atoms with E-state index in [1.54, 1.807) is 13.2 Å². The molecule has 7 heteroatoms. The molecule has 0 aliphatic carbocycles. The Balaban J connectivity index is 1.57. The molecule has 0 radical (unpaired) electrons. The average Bonchev–Trinajstić information content (AvgIpc) is 3.10. The van der Waals surface area contributed by atoms with Crippen molar-refractivity contribution < 1.29 is 9.47 Å². The lowest BCUT2D eigenvalue weighted by molar-refractivity contribution is 0.174. The summed E-state index contributed by atoms with van der Waals surface area (Å²) in [6.07, 6.45) is 1.80. The predicted molar refractivity (Wildman–Crippen MR) is 98.2 cm³/mol. The molecule has 0 atom stereocenters. The van der Waals surface area contributed by atoms with Crippen molar-refractivity contribution >= 4 is 11.8 Å². The molecule has 1 aliphatic heterocycles. The lowest BCUT2D eigenvalue weighted by Crippen LogP contribution is -2.36. The minimum atomic E-state index is 0.286. The molecule has 0 unspecified atom stereocenters. The van der Waals surface area contributed by atoms with Gasteiger partial charge < -0.3 is 25.0 Å². The highest BCUT2D eigenvalue weighted by Crippen LogP contribution is 2.32. The van der Waals surface area contributed by atoms with Crippen LogP contribution < -0.4 is 25.0 Å². The van der Waals surface area contributed by atoms with E-state index in [1.165, 1.54) is 0 Å². The van der Waals surface area contributed by atoms with Crippen LogP contribution in [0.4, 0.5) is 5.82 Å². The summed E-state index contributed by atoms with van der Waals surface area (Å²) in [5.41, 5.74) is 2.21. The van der Waals surface area contributed by atoms with Crippen LogP contribution in [0.1, 0.15) is 11.1 Å². The molecule has 25 heavy (non-hydrogen) atoms. The Morgan fingerprint density at radius 3 is 2.76 bits per heavy atom. The van der Waals surface area contributed by atoms with Crippen molar-refractivity contribution in [3.05, 3.63) is 47.7 Å². The fourth-order valence-corrected chi connectivity index (χ4v) is 2.61. The summed E-state index contributed by atoms with van der Waals surface area (Å²) in [7, 11) is 5.72. The molecule has 0 amide bonds. The number of nitrogens with one attached hydrogen (secondary N) is 2. The van der Waals surface area contributed by atoms with Crippen LogP contribution in [0.2, 0.25) is 0 Å². The van der Waals surface area contributed by atoms with Crippen molar-refractivity contribution in [3.8, 4) is 11.5 Å². The molecular weight excluding hydrogens is 318 g/mol. The van der Waals surface area contributed by atoms with Gasteiger partial charge in [0.2, 0.25) is 6.79 Å². The van der Waals surface area contributed by atoms with Crippen LogP contribution in [0, 0.1) is 0 Å². The monoisotopic (exact) mass is 341 g/mol. The minimum Gasteiger partial charge on any atom is -0.454 e. The van der Waals surface area contributed by atoms with E-state index < -0.39 is 0 Å². The van der Waals surface area contributed by atoms with Crippen molar-refractivity contribution in [1.29, 1.82) is 0 Å². The van der Waals surface area contributed by atoms with Crippen molar-refractivity contribution in [2.24, 2.45) is 4.99 Å². The van der Waals surface area contributed by atoms with Gasteiger partial charge in [0.1, 0.15) is 5.82 Å². The van der Waals surface area contributed by atoms with Gasteiger partial charge in [0.15, 0.2) is 17.5 Å². The van der Waals surface area contributed by atoms with Crippen molar-refractivity contribution in [1.82, 2.24) is 15.6 Å². The Bertz CT molecular complexity index is 761. The van der Waals surface area contributed by atoms with Gasteiger partial charge in [-0.15, -0.1) is 0 Å². The number of rotatable bonds is 5. The molecule has 7 nitrogen and oxygen atoms in total. The molecule has 1 aromatic carbocycles. The largest absolute Gasteiger partial charge is 0.454 e. The Labute approximate surface area is 147 Å². The third-order valence-corrected chi connectivity index (χ3v) is 3.86. The molecule has 0 saturated heterocycles. The zero-order valence-corrected chi connectivity index (χ0v) is 14.7. The summed E-state index contributed by atoms with van der Waals surface area (Å²) in [6.45, 7) is 1.57. The van der Waals surface area contributed by atoms with Crippen molar-refractivity contribution in [2.75, 3.05) is 32.8 Å². The van der Waals surface area contributed by atoms with E-state index in [1.807, 2.05) is 43.3 Å². The number of pyridine rings is 1. The Morgan fingerprint density at radius 2 is 1.96 bits per heavy atom. The normalized spacial score (nSPS) is 12.8. The molecular formula is C18H23N5O2. The van der Waals surface area contributed by atoms with E-state index >= 15 is 0 Å². The third kappa shape index (κ3) is 4.12. The number of guanidine groups is 1. The average molecular weight is 341 g/mol. The third-order valence-electron chi connectivity index (χ3n) is 3.86. The van der Waals surface area contributed by atoms with Crippen LogP contribution in [0.25, 0.3) is 0 Å². The van der Waals surface area contributed by atoms with E-state index in [0.29, 0.717) is 13.1 Å². The first-order chi connectivity index (χ1) is 12.2. The van der Waals surface area contributed by atoms with E-state index in [4.69, 9.17) is 9.47 Å². The molecule has 0 saturated carbocycles. The second kappa shape index (κ2) is 7.74. The summed E-state index contributed by atoms with van der Waals surface area (Å²) < 4.78 is 10.7. The first kappa shape index (κ1) is 16.9. The summed E-state index contributed by atoms with van der Waals surface area (Å²) >= 11 is 0. The lowest BCUT2D eigenvalue weighted by Gasteiger charge is -2.17. The van der Waals surface area contributed by atoms with E-state index in [-0.39, 0.29) is 6.79 Å². The number of fused-ring (bicyclic) bond motifs is 1. The highest BCUT2D eigenvalue weighted by molar-refractivity contribution is 5.79. The summed E-state index contributed by atoms with van der Waals surface area (Å²) in [4.78, 5) is 10.7. The first-order valence-electron chi connectivity index (χ1n) is 8.11. The van der Waals surface area contributed by atoms with Gasteiger partial charge in [-0.05, 0) is 23.8 Å². The van der Waals surface area contributed by atoms with Crippen LogP contribution in [0.3, 0.4) is 0 Å². The number of ether oxygens (including phenoxy) is 2. The zero-order chi connectivity index (χ0) is 17.6. The standard InChI is InChI=1S/C18H23N5O2/c1-19-18(22-11-14-5-4-8-20-17(14)23(2)3)21-10-13-6-7-15-16(9-13)25-12-24-15/h4-9H,10-12H2,1-3H3,(H2,19,21,22). The summed E-state index contributed by atoms with van der Waals surface area (Å²) in [5.74, 6) is 3.25. The Morgan fingerprint density at radius 1 is 1.16 bits per heavy atom. The summed E-state index contributed by atoms with van der Waals surface area (Å²) in [5, 5.41) is 6.62. The Hall–Kier alpha value is -2.96. The van der Waals surface area contributed by atoms with Crippen LogP contribution in [-0.2, 0) is 13.1 Å². The molecule has 0 spiro atoms. The van der Waals surface area contributed by atoms with Crippen LogP contribution >= 0.6 is 0 Å². The highest BCUT2D eigenvalue weighted by Gasteiger charge is 2.13. The number of aromatic nitrogens is 1. The molecule has 132 valence electrons. The number of hydrogen-bond donors (Lipinski definition) is 2. The van der Waals surface area contributed by atoms with Gasteiger partial charge >= 0.3 is 0 Å². The lowest BCUT2D eigenvalue weighted by atomic mass is 10.2. The van der Waals surface area contributed by atoms with E-state index in [0.717, 1.165) is 34.4 Å².